The number of rotatable bonds is 5. The van der Waals surface area contributed by atoms with Gasteiger partial charge in [0.1, 0.15) is 5.92 Å². The fourth-order valence-electron chi connectivity index (χ4n) is 3.12. The van der Waals surface area contributed by atoms with Crippen LogP contribution in [0.25, 0.3) is 0 Å². The average molecular weight is 367 g/mol. The lowest BCUT2D eigenvalue weighted by Crippen LogP contribution is -2.45. The minimum atomic E-state index is -0.652. The molecule has 27 heavy (non-hydrogen) atoms. The summed E-state index contributed by atoms with van der Waals surface area (Å²) in [6.45, 7) is 1.68. The molecule has 0 aromatic heterocycles. The van der Waals surface area contributed by atoms with Crippen molar-refractivity contribution in [2.45, 2.75) is 13.0 Å². The van der Waals surface area contributed by atoms with E-state index in [9.17, 15) is 9.59 Å². The number of benzene rings is 2. The van der Waals surface area contributed by atoms with Crippen LogP contribution >= 0.6 is 0 Å². The van der Waals surface area contributed by atoms with Crippen molar-refractivity contribution >= 4 is 23.3 Å². The van der Waals surface area contributed by atoms with E-state index in [-0.39, 0.29) is 5.91 Å². The van der Waals surface area contributed by atoms with E-state index >= 15 is 0 Å². The number of amides is 3. The van der Waals surface area contributed by atoms with Gasteiger partial charge in [0.05, 0.1) is 20.3 Å². The Labute approximate surface area is 157 Å². The molecule has 0 bridgehead atoms. The molecule has 0 saturated carbocycles. The first-order chi connectivity index (χ1) is 13.0. The third-order valence-electron chi connectivity index (χ3n) is 4.43. The van der Waals surface area contributed by atoms with E-state index in [2.05, 4.69) is 15.6 Å². The molecular weight excluding hydrogens is 346 g/mol. The number of ether oxygens (including phenoxy) is 2. The lowest BCUT2D eigenvalue weighted by molar-refractivity contribution is -0.118. The highest BCUT2D eigenvalue weighted by Crippen LogP contribution is 2.34. The molecule has 0 saturated heterocycles. The first kappa shape index (κ1) is 18.4. The highest BCUT2D eigenvalue weighted by molar-refractivity contribution is 6.13. The van der Waals surface area contributed by atoms with Crippen molar-refractivity contribution in [3.8, 4) is 11.5 Å². The summed E-state index contributed by atoms with van der Waals surface area (Å²) in [5, 5.41) is 5.67. The SMILES string of the molecule is COc1ccc(C2NC(=O)N=C(C)C2C(=O)Nc2ccccc2)cc1OC. The molecule has 7 nitrogen and oxygen atoms in total. The number of anilines is 1. The van der Waals surface area contributed by atoms with Crippen LogP contribution in [-0.4, -0.2) is 31.9 Å². The molecule has 1 aliphatic heterocycles. The molecule has 3 amide bonds. The van der Waals surface area contributed by atoms with Gasteiger partial charge < -0.3 is 20.1 Å². The molecule has 0 radical (unpaired) electrons. The Balaban J connectivity index is 1.95. The molecule has 0 spiro atoms. The molecule has 2 atom stereocenters. The van der Waals surface area contributed by atoms with Crippen LogP contribution in [0.1, 0.15) is 18.5 Å². The minimum Gasteiger partial charge on any atom is -0.493 e. The van der Waals surface area contributed by atoms with Crippen LogP contribution in [0.4, 0.5) is 10.5 Å². The van der Waals surface area contributed by atoms with E-state index in [0.29, 0.717) is 22.9 Å². The van der Waals surface area contributed by atoms with E-state index in [1.165, 1.54) is 7.11 Å². The van der Waals surface area contributed by atoms with Gasteiger partial charge in [-0.1, -0.05) is 24.3 Å². The van der Waals surface area contributed by atoms with Crippen LogP contribution in [0, 0.1) is 5.92 Å². The Morgan fingerprint density at radius 3 is 2.44 bits per heavy atom. The summed E-state index contributed by atoms with van der Waals surface area (Å²) in [6.07, 6.45) is 0. The first-order valence-electron chi connectivity index (χ1n) is 8.47. The molecule has 1 aliphatic rings. The van der Waals surface area contributed by atoms with Crippen LogP contribution < -0.4 is 20.1 Å². The van der Waals surface area contributed by atoms with E-state index in [1.807, 2.05) is 18.2 Å². The van der Waals surface area contributed by atoms with Gasteiger partial charge >= 0.3 is 6.03 Å². The van der Waals surface area contributed by atoms with Gasteiger partial charge in [-0.2, -0.15) is 0 Å². The van der Waals surface area contributed by atoms with Gasteiger partial charge in [-0.05, 0) is 36.8 Å². The van der Waals surface area contributed by atoms with Crippen molar-refractivity contribution in [1.82, 2.24) is 5.32 Å². The van der Waals surface area contributed by atoms with Gasteiger partial charge in [-0.15, -0.1) is 0 Å². The third-order valence-corrected chi connectivity index (χ3v) is 4.43. The third kappa shape index (κ3) is 3.92. The van der Waals surface area contributed by atoms with E-state index < -0.39 is 18.0 Å². The average Bonchev–Trinajstić information content (AvgIpc) is 2.67. The molecule has 7 heteroatoms. The molecule has 2 aromatic rings. The van der Waals surface area contributed by atoms with Gasteiger partial charge in [-0.25, -0.2) is 9.79 Å². The molecule has 2 aromatic carbocycles. The summed E-state index contributed by atoms with van der Waals surface area (Å²) in [5.74, 6) is 0.189. The molecule has 3 rings (SSSR count). The van der Waals surface area contributed by atoms with E-state index in [4.69, 9.17) is 9.47 Å². The number of hydrogen-bond donors (Lipinski definition) is 2. The minimum absolute atomic E-state index is 0.248. The zero-order chi connectivity index (χ0) is 19.4. The quantitative estimate of drug-likeness (QED) is 0.849. The highest BCUT2D eigenvalue weighted by atomic mass is 16.5. The number of para-hydroxylation sites is 1. The molecule has 0 aliphatic carbocycles. The number of nitrogens with zero attached hydrogens (tertiary/aromatic N) is 1. The van der Waals surface area contributed by atoms with Crippen molar-refractivity contribution in [2.24, 2.45) is 10.9 Å². The second-order valence-electron chi connectivity index (χ2n) is 6.13. The Bertz CT molecular complexity index is 880. The summed E-state index contributed by atoms with van der Waals surface area (Å²) in [7, 11) is 3.08. The molecule has 2 unspecified atom stereocenters. The monoisotopic (exact) mass is 367 g/mol. The molecule has 140 valence electrons. The number of nitrogens with one attached hydrogen (secondary N) is 2. The Hall–Kier alpha value is -3.35. The summed E-state index contributed by atoms with van der Waals surface area (Å²) in [5.41, 5.74) is 1.86. The fourth-order valence-corrected chi connectivity index (χ4v) is 3.12. The second-order valence-corrected chi connectivity index (χ2v) is 6.13. The highest BCUT2D eigenvalue weighted by Gasteiger charge is 2.37. The van der Waals surface area contributed by atoms with Crippen molar-refractivity contribution in [3.63, 3.8) is 0 Å². The summed E-state index contributed by atoms with van der Waals surface area (Å²) in [4.78, 5) is 28.9. The zero-order valence-electron chi connectivity index (χ0n) is 15.4. The molecule has 2 N–H and O–H groups in total. The Morgan fingerprint density at radius 1 is 1.07 bits per heavy atom. The fraction of sp³-hybridized carbons (Fsp3) is 0.250. The van der Waals surface area contributed by atoms with Gasteiger partial charge in [-0.3, -0.25) is 4.79 Å². The van der Waals surface area contributed by atoms with Crippen LogP contribution in [0.2, 0.25) is 0 Å². The van der Waals surface area contributed by atoms with Crippen LogP contribution in [-0.2, 0) is 4.79 Å². The predicted molar refractivity (Wildman–Crippen MR) is 102 cm³/mol. The number of methoxy groups -OCH3 is 2. The molecule has 1 heterocycles. The molecular formula is C20H21N3O4. The van der Waals surface area contributed by atoms with Crippen LogP contribution in [0.3, 0.4) is 0 Å². The lowest BCUT2D eigenvalue weighted by Gasteiger charge is -2.30. The van der Waals surface area contributed by atoms with Gasteiger partial charge in [0.2, 0.25) is 5.91 Å². The standard InChI is InChI=1S/C20H21N3O4/c1-12-17(19(24)22-14-7-5-4-6-8-14)18(23-20(25)21-12)13-9-10-15(26-2)16(11-13)27-3/h4-11,17-18H,1-3H3,(H,22,24)(H,23,25). The topological polar surface area (TPSA) is 89.0 Å². The van der Waals surface area contributed by atoms with Gasteiger partial charge in [0, 0.05) is 11.4 Å². The second kappa shape index (κ2) is 7.90. The predicted octanol–water partition coefficient (Wildman–Crippen LogP) is 3.18. The molecule has 0 fully saturated rings. The number of carbonyl (C=O) groups excluding carboxylic acids is 2. The van der Waals surface area contributed by atoms with Gasteiger partial charge in [0.25, 0.3) is 0 Å². The summed E-state index contributed by atoms with van der Waals surface area (Å²) >= 11 is 0. The first-order valence-corrected chi connectivity index (χ1v) is 8.47. The maximum Gasteiger partial charge on any atom is 0.341 e. The maximum atomic E-state index is 12.9. The maximum absolute atomic E-state index is 12.9. The number of hydrogen-bond acceptors (Lipinski definition) is 4. The Morgan fingerprint density at radius 2 is 1.78 bits per heavy atom. The summed E-state index contributed by atoms with van der Waals surface area (Å²) in [6, 6.07) is 13.4. The van der Waals surface area contributed by atoms with E-state index in [0.717, 1.165) is 5.56 Å². The number of carbonyl (C=O) groups is 2. The van der Waals surface area contributed by atoms with Crippen molar-refractivity contribution in [1.29, 1.82) is 0 Å². The van der Waals surface area contributed by atoms with Gasteiger partial charge in [0.15, 0.2) is 11.5 Å². The Kier molecular flexibility index (Phi) is 5.40. The van der Waals surface area contributed by atoms with Crippen LogP contribution in [0.5, 0.6) is 11.5 Å². The van der Waals surface area contributed by atoms with Crippen molar-refractivity contribution in [3.05, 3.63) is 54.1 Å². The normalized spacial score (nSPS) is 18.9. The number of urea groups is 1. The number of aliphatic imine (C=N–C) groups is 1. The zero-order valence-corrected chi connectivity index (χ0v) is 15.4. The smallest absolute Gasteiger partial charge is 0.341 e. The lowest BCUT2D eigenvalue weighted by atomic mass is 9.87. The summed E-state index contributed by atoms with van der Waals surface area (Å²) < 4.78 is 10.6. The van der Waals surface area contributed by atoms with Crippen molar-refractivity contribution < 1.29 is 19.1 Å². The largest absolute Gasteiger partial charge is 0.493 e. The van der Waals surface area contributed by atoms with Crippen molar-refractivity contribution in [2.75, 3.05) is 19.5 Å². The van der Waals surface area contributed by atoms with Crippen LogP contribution in [0.15, 0.2) is 53.5 Å². The van der Waals surface area contributed by atoms with E-state index in [1.54, 1.807) is 44.4 Å².